The van der Waals surface area contributed by atoms with Crippen LogP contribution in [0.25, 0.3) is 0 Å². The van der Waals surface area contributed by atoms with Crippen LogP contribution < -0.4 is 10.6 Å². The van der Waals surface area contributed by atoms with Crippen molar-refractivity contribution < 1.29 is 0 Å². The number of rotatable bonds is 2. The number of anilines is 1. The molecule has 0 spiro atoms. The van der Waals surface area contributed by atoms with Gasteiger partial charge in [0.2, 0.25) is 0 Å². The van der Waals surface area contributed by atoms with Crippen LogP contribution in [0.3, 0.4) is 0 Å². The van der Waals surface area contributed by atoms with Crippen LogP contribution in [0.5, 0.6) is 0 Å². The number of para-hydroxylation sites is 1. The first-order valence-corrected chi connectivity index (χ1v) is 7.92. The Labute approximate surface area is 117 Å². The monoisotopic (exact) mass is 258 g/mol. The van der Waals surface area contributed by atoms with Gasteiger partial charge in [-0.05, 0) is 36.8 Å². The smallest absolute Gasteiger partial charge is 0.0417 e. The molecule has 0 amide bonds. The fourth-order valence-electron chi connectivity index (χ4n) is 4.04. The zero-order chi connectivity index (χ0) is 13.2. The third kappa shape index (κ3) is 2.38. The highest BCUT2D eigenvalue weighted by Crippen LogP contribution is 2.39. The second-order valence-corrected chi connectivity index (χ2v) is 6.17. The topological polar surface area (TPSA) is 29.3 Å². The Morgan fingerprint density at radius 2 is 1.95 bits per heavy atom. The lowest BCUT2D eigenvalue weighted by atomic mass is 9.80. The molecule has 104 valence electrons. The van der Waals surface area contributed by atoms with Crippen LogP contribution in [0.2, 0.25) is 0 Å². The highest BCUT2D eigenvalue weighted by Gasteiger charge is 2.32. The summed E-state index contributed by atoms with van der Waals surface area (Å²) in [6.07, 6.45) is 8.00. The van der Waals surface area contributed by atoms with E-state index in [1.165, 1.54) is 43.4 Å². The Balaban J connectivity index is 1.91. The molecule has 1 heterocycles. The van der Waals surface area contributed by atoms with E-state index in [0.29, 0.717) is 0 Å². The molecule has 2 nitrogen and oxygen atoms in total. The molecule has 19 heavy (non-hydrogen) atoms. The van der Waals surface area contributed by atoms with Crippen LogP contribution in [-0.2, 0) is 0 Å². The van der Waals surface area contributed by atoms with Crippen molar-refractivity contribution in [2.45, 2.75) is 57.5 Å². The summed E-state index contributed by atoms with van der Waals surface area (Å²) in [4.78, 5) is 2.67. The van der Waals surface area contributed by atoms with Gasteiger partial charge in [0, 0.05) is 24.3 Å². The lowest BCUT2D eigenvalue weighted by molar-refractivity contribution is 0.280. The van der Waals surface area contributed by atoms with Gasteiger partial charge in [0.1, 0.15) is 0 Å². The van der Waals surface area contributed by atoms with Crippen LogP contribution in [0, 0.1) is 5.92 Å². The Kier molecular flexibility index (Phi) is 3.79. The summed E-state index contributed by atoms with van der Waals surface area (Å²) >= 11 is 0. The average Bonchev–Trinajstić information content (AvgIpc) is 2.48. The minimum Gasteiger partial charge on any atom is -0.368 e. The number of hydrogen-bond donors (Lipinski definition) is 1. The van der Waals surface area contributed by atoms with Crippen LogP contribution in [0.1, 0.15) is 57.1 Å². The summed E-state index contributed by atoms with van der Waals surface area (Å²) in [5.41, 5.74) is 9.04. The first kappa shape index (κ1) is 13.0. The highest BCUT2D eigenvalue weighted by molar-refractivity contribution is 5.57. The molecule has 1 aliphatic heterocycles. The van der Waals surface area contributed by atoms with Crippen molar-refractivity contribution in [3.63, 3.8) is 0 Å². The van der Waals surface area contributed by atoms with Crippen molar-refractivity contribution in [3.8, 4) is 0 Å². The normalized spacial score (nSPS) is 31.1. The van der Waals surface area contributed by atoms with Crippen LogP contribution in [0.4, 0.5) is 5.69 Å². The SMILES string of the molecule is CCC1CCCCC1N1CCC(N)c2ccccc21. The maximum absolute atomic E-state index is 6.28. The fourth-order valence-corrected chi connectivity index (χ4v) is 4.04. The summed E-state index contributed by atoms with van der Waals surface area (Å²) in [5.74, 6) is 0.871. The molecule has 2 N–H and O–H groups in total. The molecule has 0 radical (unpaired) electrons. The van der Waals surface area contributed by atoms with E-state index in [0.717, 1.165) is 24.9 Å². The molecular formula is C17H26N2. The first-order valence-electron chi connectivity index (χ1n) is 7.92. The highest BCUT2D eigenvalue weighted by atomic mass is 15.2. The molecule has 2 heteroatoms. The minimum atomic E-state index is 0.233. The molecule has 0 saturated heterocycles. The number of nitrogens with zero attached hydrogens (tertiary/aromatic N) is 1. The number of benzene rings is 1. The first-order chi connectivity index (χ1) is 9.31. The van der Waals surface area contributed by atoms with Gasteiger partial charge in [0.15, 0.2) is 0 Å². The van der Waals surface area contributed by atoms with Crippen LogP contribution in [-0.4, -0.2) is 12.6 Å². The van der Waals surface area contributed by atoms with Crippen molar-refractivity contribution in [3.05, 3.63) is 29.8 Å². The van der Waals surface area contributed by atoms with Gasteiger partial charge in [-0.15, -0.1) is 0 Å². The summed E-state index contributed by atoms with van der Waals surface area (Å²) in [6.45, 7) is 3.49. The van der Waals surface area contributed by atoms with Gasteiger partial charge in [0.05, 0.1) is 0 Å². The molecule has 1 saturated carbocycles. The quantitative estimate of drug-likeness (QED) is 0.872. The van der Waals surface area contributed by atoms with E-state index in [4.69, 9.17) is 5.73 Å². The Bertz CT molecular complexity index is 429. The molecule has 2 aliphatic rings. The Morgan fingerprint density at radius 3 is 2.79 bits per heavy atom. The molecule has 1 aromatic carbocycles. The third-order valence-corrected chi connectivity index (χ3v) is 5.12. The van der Waals surface area contributed by atoms with E-state index in [2.05, 4.69) is 36.1 Å². The maximum Gasteiger partial charge on any atom is 0.0417 e. The second kappa shape index (κ2) is 5.54. The summed E-state index contributed by atoms with van der Waals surface area (Å²) in [7, 11) is 0. The van der Waals surface area contributed by atoms with Gasteiger partial charge in [-0.2, -0.15) is 0 Å². The molecule has 1 fully saturated rings. The average molecular weight is 258 g/mol. The molecular weight excluding hydrogens is 232 g/mol. The Hall–Kier alpha value is -1.02. The summed E-state index contributed by atoms with van der Waals surface area (Å²) in [5, 5.41) is 0. The largest absolute Gasteiger partial charge is 0.368 e. The van der Waals surface area contributed by atoms with Crippen molar-refractivity contribution in [2.75, 3.05) is 11.4 Å². The predicted octanol–water partition coefficient (Wildman–Crippen LogP) is 3.87. The minimum absolute atomic E-state index is 0.233. The van der Waals surface area contributed by atoms with Gasteiger partial charge in [0.25, 0.3) is 0 Å². The predicted molar refractivity (Wildman–Crippen MR) is 81.4 cm³/mol. The van der Waals surface area contributed by atoms with Crippen LogP contribution >= 0.6 is 0 Å². The molecule has 1 aromatic rings. The van der Waals surface area contributed by atoms with Crippen LogP contribution in [0.15, 0.2) is 24.3 Å². The Morgan fingerprint density at radius 1 is 1.16 bits per heavy atom. The second-order valence-electron chi connectivity index (χ2n) is 6.17. The summed E-state index contributed by atoms with van der Waals surface area (Å²) < 4.78 is 0. The molecule has 3 rings (SSSR count). The van der Waals surface area contributed by atoms with E-state index in [1.807, 2.05) is 0 Å². The van der Waals surface area contributed by atoms with E-state index < -0.39 is 0 Å². The van der Waals surface area contributed by atoms with E-state index in [-0.39, 0.29) is 6.04 Å². The van der Waals surface area contributed by atoms with Crippen molar-refractivity contribution in [2.24, 2.45) is 11.7 Å². The van der Waals surface area contributed by atoms with Gasteiger partial charge < -0.3 is 10.6 Å². The molecule has 3 unspecified atom stereocenters. The molecule has 3 atom stereocenters. The number of fused-ring (bicyclic) bond motifs is 1. The zero-order valence-corrected chi connectivity index (χ0v) is 12.0. The van der Waals surface area contributed by atoms with Crippen molar-refractivity contribution in [1.29, 1.82) is 0 Å². The van der Waals surface area contributed by atoms with Crippen molar-refractivity contribution >= 4 is 5.69 Å². The van der Waals surface area contributed by atoms with Gasteiger partial charge >= 0.3 is 0 Å². The fraction of sp³-hybridized carbons (Fsp3) is 0.647. The van der Waals surface area contributed by atoms with E-state index in [9.17, 15) is 0 Å². The number of hydrogen-bond acceptors (Lipinski definition) is 2. The lowest BCUT2D eigenvalue weighted by Gasteiger charge is -2.45. The third-order valence-electron chi connectivity index (χ3n) is 5.12. The van der Waals surface area contributed by atoms with Gasteiger partial charge in [-0.1, -0.05) is 44.4 Å². The molecule has 0 bridgehead atoms. The maximum atomic E-state index is 6.28. The van der Waals surface area contributed by atoms with Gasteiger partial charge in [-0.3, -0.25) is 0 Å². The summed E-state index contributed by atoms with van der Waals surface area (Å²) in [6, 6.07) is 9.75. The molecule has 1 aliphatic carbocycles. The van der Waals surface area contributed by atoms with E-state index >= 15 is 0 Å². The zero-order valence-electron chi connectivity index (χ0n) is 12.0. The standard InChI is InChI=1S/C17H26N2/c1-2-13-7-3-5-9-16(13)19-12-11-15(18)14-8-4-6-10-17(14)19/h4,6,8,10,13,15-16H,2-3,5,7,9,11-12,18H2,1H3. The molecule has 0 aromatic heterocycles. The number of nitrogens with two attached hydrogens (primary N) is 1. The lowest BCUT2D eigenvalue weighted by Crippen LogP contribution is -2.46. The van der Waals surface area contributed by atoms with Crippen molar-refractivity contribution in [1.82, 2.24) is 0 Å². The van der Waals surface area contributed by atoms with Gasteiger partial charge in [-0.25, -0.2) is 0 Å². The van der Waals surface area contributed by atoms with E-state index in [1.54, 1.807) is 0 Å².